The summed E-state index contributed by atoms with van der Waals surface area (Å²) in [4.78, 5) is 21.7. The van der Waals surface area contributed by atoms with Gasteiger partial charge in [0.05, 0.1) is 9.21 Å². The third-order valence-corrected chi connectivity index (χ3v) is 5.33. The number of rotatable bonds is 5. The average molecular weight is 416 g/mol. The fourth-order valence-corrected chi connectivity index (χ4v) is 3.82. The molecule has 0 aromatic carbocycles. The predicted octanol–water partition coefficient (Wildman–Crippen LogP) is 2.74. The molecule has 1 heterocycles. The predicted molar refractivity (Wildman–Crippen MR) is 93.2 cm³/mol. The van der Waals surface area contributed by atoms with Crippen molar-refractivity contribution in [2.45, 2.75) is 44.4 Å². The summed E-state index contributed by atoms with van der Waals surface area (Å²) in [6, 6.07) is 2.06. The molecule has 1 aromatic heterocycles. The van der Waals surface area contributed by atoms with Crippen LogP contribution in [-0.4, -0.2) is 35.7 Å². The molecular formula is C15H21ClF3N3O3S. The molecule has 1 fully saturated rings. The molecule has 1 amide bonds. The second-order valence-corrected chi connectivity index (χ2v) is 7.50. The van der Waals surface area contributed by atoms with Crippen LogP contribution in [0.25, 0.3) is 0 Å². The molecule has 2 unspecified atom stereocenters. The van der Waals surface area contributed by atoms with Gasteiger partial charge in [-0.2, -0.15) is 13.2 Å². The highest BCUT2D eigenvalue weighted by atomic mass is 35.5. The van der Waals surface area contributed by atoms with Crippen molar-refractivity contribution in [1.29, 1.82) is 0 Å². The van der Waals surface area contributed by atoms with E-state index in [0.717, 1.165) is 37.8 Å². The van der Waals surface area contributed by atoms with Crippen LogP contribution < -0.4 is 16.8 Å². The summed E-state index contributed by atoms with van der Waals surface area (Å²) in [7, 11) is 0. The van der Waals surface area contributed by atoms with Crippen molar-refractivity contribution in [3.05, 3.63) is 20.8 Å². The van der Waals surface area contributed by atoms with Crippen molar-refractivity contribution < 1.29 is 27.9 Å². The summed E-state index contributed by atoms with van der Waals surface area (Å²) in [6.45, 7) is 1.09. The van der Waals surface area contributed by atoms with Crippen molar-refractivity contribution >= 4 is 34.8 Å². The first-order chi connectivity index (χ1) is 12.1. The molecule has 0 spiro atoms. The normalized spacial score (nSPS) is 19.6. The number of hydrogen-bond acceptors (Lipinski definition) is 5. The van der Waals surface area contributed by atoms with Crippen LogP contribution in [0.2, 0.25) is 4.34 Å². The van der Waals surface area contributed by atoms with E-state index in [0.29, 0.717) is 21.7 Å². The number of aliphatic carboxylic acids is 1. The maximum Gasteiger partial charge on any atom is 0.490 e. The number of carboxylic acid groups (broad SMARTS) is 1. The summed E-state index contributed by atoms with van der Waals surface area (Å²) >= 11 is 7.31. The third kappa shape index (κ3) is 7.10. The lowest BCUT2D eigenvalue weighted by Gasteiger charge is -2.12. The number of thiophene rings is 1. The first-order valence-electron chi connectivity index (χ1n) is 7.87. The fraction of sp³-hybridized carbons (Fsp3) is 0.600. The monoisotopic (exact) mass is 415 g/mol. The molecule has 1 aliphatic rings. The highest BCUT2D eigenvalue weighted by molar-refractivity contribution is 7.18. The number of carbonyl (C=O) groups is 2. The minimum Gasteiger partial charge on any atom is -0.475 e. The van der Waals surface area contributed by atoms with Crippen molar-refractivity contribution in [2.75, 3.05) is 6.54 Å². The van der Waals surface area contributed by atoms with E-state index < -0.39 is 12.1 Å². The van der Waals surface area contributed by atoms with Crippen LogP contribution in [0.3, 0.4) is 0 Å². The number of amides is 1. The summed E-state index contributed by atoms with van der Waals surface area (Å²) < 4.78 is 32.3. The number of carbonyl (C=O) groups excluding carboxylic acids is 1. The first kappa shape index (κ1) is 22.7. The molecule has 0 saturated heterocycles. The average Bonchev–Trinajstić information content (AvgIpc) is 3.13. The molecular weight excluding hydrogens is 395 g/mol. The fourth-order valence-electron chi connectivity index (χ4n) is 2.62. The Kier molecular flexibility index (Phi) is 8.81. The Morgan fingerprint density at radius 1 is 1.35 bits per heavy atom. The van der Waals surface area contributed by atoms with Gasteiger partial charge in [0.15, 0.2) is 0 Å². The van der Waals surface area contributed by atoms with Crippen molar-refractivity contribution in [3.63, 3.8) is 0 Å². The topological polar surface area (TPSA) is 118 Å². The van der Waals surface area contributed by atoms with Gasteiger partial charge in [-0.15, -0.1) is 11.3 Å². The molecule has 6 nitrogen and oxygen atoms in total. The van der Waals surface area contributed by atoms with Gasteiger partial charge >= 0.3 is 12.1 Å². The maximum atomic E-state index is 12.1. The number of nitrogens with one attached hydrogen (secondary N) is 1. The van der Waals surface area contributed by atoms with Crippen LogP contribution in [0.5, 0.6) is 0 Å². The summed E-state index contributed by atoms with van der Waals surface area (Å²) in [6.07, 6.45) is -0.805. The number of carboxylic acids is 1. The van der Waals surface area contributed by atoms with E-state index in [4.69, 9.17) is 33.0 Å². The molecule has 1 saturated carbocycles. The molecule has 26 heavy (non-hydrogen) atoms. The minimum absolute atomic E-state index is 0.0370. The Labute approximate surface area is 157 Å². The molecule has 1 aromatic rings. The Hall–Kier alpha value is -1.36. The van der Waals surface area contributed by atoms with Gasteiger partial charge in [0.1, 0.15) is 0 Å². The Bertz CT molecular complexity index is 625. The zero-order valence-electron chi connectivity index (χ0n) is 13.8. The van der Waals surface area contributed by atoms with Crippen LogP contribution in [0.4, 0.5) is 13.2 Å². The molecule has 0 radical (unpaired) electrons. The Balaban J connectivity index is 0.000000412. The largest absolute Gasteiger partial charge is 0.490 e. The van der Waals surface area contributed by atoms with Gasteiger partial charge in [-0.25, -0.2) is 4.79 Å². The zero-order chi connectivity index (χ0) is 19.9. The zero-order valence-corrected chi connectivity index (χ0v) is 15.4. The van der Waals surface area contributed by atoms with Gasteiger partial charge in [0, 0.05) is 12.6 Å². The van der Waals surface area contributed by atoms with E-state index in [9.17, 15) is 18.0 Å². The second kappa shape index (κ2) is 10.1. The highest BCUT2D eigenvalue weighted by Crippen LogP contribution is 2.30. The quantitative estimate of drug-likeness (QED) is 0.589. The van der Waals surface area contributed by atoms with Gasteiger partial charge in [-0.1, -0.05) is 11.6 Å². The number of hydrogen-bond donors (Lipinski definition) is 4. The Morgan fingerprint density at radius 2 is 1.96 bits per heavy atom. The smallest absolute Gasteiger partial charge is 0.475 e. The minimum atomic E-state index is -5.08. The molecule has 1 aliphatic carbocycles. The van der Waals surface area contributed by atoms with Gasteiger partial charge < -0.3 is 21.9 Å². The molecule has 148 valence electrons. The first-order valence-corrected chi connectivity index (χ1v) is 9.07. The summed E-state index contributed by atoms with van der Waals surface area (Å²) in [5, 5.41) is 10.2. The number of halogens is 4. The lowest BCUT2D eigenvalue weighted by atomic mass is 10.0. The molecule has 11 heteroatoms. The van der Waals surface area contributed by atoms with E-state index in [2.05, 4.69) is 5.32 Å². The maximum absolute atomic E-state index is 12.1. The van der Waals surface area contributed by atoms with E-state index in [-0.39, 0.29) is 11.9 Å². The summed E-state index contributed by atoms with van der Waals surface area (Å²) in [5.41, 5.74) is 12.0. The van der Waals surface area contributed by atoms with Crippen LogP contribution in [0.15, 0.2) is 6.07 Å². The number of nitrogens with two attached hydrogens (primary N) is 2. The van der Waals surface area contributed by atoms with Crippen molar-refractivity contribution in [3.8, 4) is 0 Å². The third-order valence-electron chi connectivity index (χ3n) is 3.89. The molecule has 0 aliphatic heterocycles. The van der Waals surface area contributed by atoms with Gasteiger partial charge in [0.25, 0.3) is 5.91 Å². The van der Waals surface area contributed by atoms with Crippen LogP contribution in [0.1, 0.15) is 40.9 Å². The van der Waals surface area contributed by atoms with E-state index in [1.807, 2.05) is 0 Å². The lowest BCUT2D eigenvalue weighted by Crippen LogP contribution is -2.32. The van der Waals surface area contributed by atoms with E-state index in [1.165, 1.54) is 11.3 Å². The van der Waals surface area contributed by atoms with Gasteiger partial charge in [-0.05, 0) is 49.8 Å². The van der Waals surface area contributed by atoms with E-state index in [1.54, 1.807) is 6.07 Å². The van der Waals surface area contributed by atoms with E-state index >= 15 is 0 Å². The van der Waals surface area contributed by atoms with Gasteiger partial charge in [-0.3, -0.25) is 4.79 Å². The summed E-state index contributed by atoms with van der Waals surface area (Å²) in [5.74, 6) is -2.14. The van der Waals surface area contributed by atoms with Crippen LogP contribution in [0, 0.1) is 5.92 Å². The van der Waals surface area contributed by atoms with Gasteiger partial charge in [0.2, 0.25) is 0 Å². The van der Waals surface area contributed by atoms with Crippen molar-refractivity contribution in [1.82, 2.24) is 5.32 Å². The molecule has 2 atom stereocenters. The molecule has 2 rings (SSSR count). The standard InChI is InChI=1S/C13H20ClN3OS.C2HF3O2/c14-12-9(7-16)6-11(19-12)13(18)17-10-2-1-8(5-10)3-4-15;3-2(4,5)1(6)7/h6,8,10H,1-5,7,15-16H2,(H,17,18);(H,6,7). The molecule has 6 N–H and O–H groups in total. The van der Waals surface area contributed by atoms with Crippen LogP contribution >= 0.6 is 22.9 Å². The van der Waals surface area contributed by atoms with Crippen molar-refractivity contribution in [2.24, 2.45) is 17.4 Å². The second-order valence-electron chi connectivity index (χ2n) is 5.84. The number of alkyl halides is 3. The Morgan fingerprint density at radius 3 is 2.42 bits per heavy atom. The lowest BCUT2D eigenvalue weighted by molar-refractivity contribution is -0.192. The van der Waals surface area contributed by atoms with Crippen LogP contribution in [-0.2, 0) is 11.3 Å². The highest BCUT2D eigenvalue weighted by Gasteiger charge is 2.38. The molecule has 0 bridgehead atoms. The SMILES string of the molecule is NCCC1CCC(NC(=O)c2cc(CN)c(Cl)s2)C1.O=C(O)C(F)(F)F.